The summed E-state index contributed by atoms with van der Waals surface area (Å²) >= 11 is 0. The highest BCUT2D eigenvalue weighted by atomic mass is 16.5. The number of aromatic nitrogens is 1. The fourth-order valence-electron chi connectivity index (χ4n) is 2.28. The molecule has 0 amide bonds. The van der Waals surface area contributed by atoms with Gasteiger partial charge in [0.25, 0.3) is 0 Å². The number of hydrogen-bond donors (Lipinski definition) is 1. The van der Waals surface area contributed by atoms with E-state index in [1.165, 1.54) is 38.5 Å². The van der Waals surface area contributed by atoms with Gasteiger partial charge in [0.05, 0.1) is 18.0 Å². The SMILES string of the molecule is C[C@@H](N)c1ccc(OC2CCCCCC2)cn1. The molecule has 3 heteroatoms. The molecule has 1 aliphatic carbocycles. The molecule has 0 spiro atoms. The summed E-state index contributed by atoms with van der Waals surface area (Å²) in [5, 5.41) is 0. The van der Waals surface area contributed by atoms with Crippen molar-refractivity contribution < 1.29 is 4.74 Å². The molecule has 1 saturated carbocycles. The summed E-state index contributed by atoms with van der Waals surface area (Å²) in [7, 11) is 0. The first kappa shape index (κ1) is 12.4. The summed E-state index contributed by atoms with van der Waals surface area (Å²) in [5.74, 6) is 0.876. The smallest absolute Gasteiger partial charge is 0.138 e. The number of hydrogen-bond acceptors (Lipinski definition) is 3. The summed E-state index contributed by atoms with van der Waals surface area (Å²) in [6.45, 7) is 1.94. The molecule has 17 heavy (non-hydrogen) atoms. The van der Waals surface area contributed by atoms with Gasteiger partial charge in [0.2, 0.25) is 0 Å². The van der Waals surface area contributed by atoms with Crippen molar-refractivity contribution in [3.8, 4) is 5.75 Å². The lowest BCUT2D eigenvalue weighted by Crippen LogP contribution is -2.15. The lowest BCUT2D eigenvalue weighted by Gasteiger charge is -2.17. The minimum atomic E-state index is -0.0121. The Labute approximate surface area is 103 Å². The highest BCUT2D eigenvalue weighted by Gasteiger charge is 2.13. The number of nitrogens with two attached hydrogens (primary N) is 1. The predicted molar refractivity (Wildman–Crippen MR) is 69.0 cm³/mol. The van der Waals surface area contributed by atoms with E-state index in [1.807, 2.05) is 19.1 Å². The Kier molecular flexibility index (Phi) is 4.37. The molecule has 2 rings (SSSR count). The van der Waals surface area contributed by atoms with Crippen molar-refractivity contribution in [3.05, 3.63) is 24.0 Å². The van der Waals surface area contributed by atoms with Crippen LogP contribution in [0.1, 0.15) is 57.2 Å². The zero-order chi connectivity index (χ0) is 12.1. The molecule has 2 N–H and O–H groups in total. The second-order valence-corrected chi connectivity index (χ2v) is 4.94. The quantitative estimate of drug-likeness (QED) is 0.817. The molecule has 94 valence electrons. The van der Waals surface area contributed by atoms with Crippen LogP contribution in [0, 0.1) is 0 Å². The van der Waals surface area contributed by atoms with Crippen molar-refractivity contribution >= 4 is 0 Å². The average Bonchev–Trinajstić information content (AvgIpc) is 2.58. The molecular formula is C14H22N2O. The van der Waals surface area contributed by atoms with Crippen LogP contribution in [-0.2, 0) is 0 Å². The molecule has 0 saturated heterocycles. The van der Waals surface area contributed by atoms with Gasteiger partial charge < -0.3 is 10.5 Å². The molecule has 0 bridgehead atoms. The molecule has 3 nitrogen and oxygen atoms in total. The van der Waals surface area contributed by atoms with Gasteiger partial charge in [-0.2, -0.15) is 0 Å². The zero-order valence-corrected chi connectivity index (χ0v) is 10.6. The summed E-state index contributed by atoms with van der Waals surface area (Å²) < 4.78 is 5.97. The largest absolute Gasteiger partial charge is 0.489 e. The molecule has 1 aliphatic rings. The second-order valence-electron chi connectivity index (χ2n) is 4.94. The van der Waals surface area contributed by atoms with E-state index < -0.39 is 0 Å². The van der Waals surface area contributed by atoms with Gasteiger partial charge >= 0.3 is 0 Å². The van der Waals surface area contributed by atoms with E-state index in [9.17, 15) is 0 Å². The minimum Gasteiger partial charge on any atom is -0.489 e. The van der Waals surface area contributed by atoms with Crippen LogP contribution in [0.25, 0.3) is 0 Å². The number of rotatable bonds is 3. The Balaban J connectivity index is 1.93. The van der Waals surface area contributed by atoms with Gasteiger partial charge in [0.1, 0.15) is 5.75 Å². The second kappa shape index (κ2) is 6.01. The summed E-state index contributed by atoms with van der Waals surface area (Å²) in [6, 6.07) is 3.93. The van der Waals surface area contributed by atoms with Crippen molar-refractivity contribution in [1.29, 1.82) is 0 Å². The third-order valence-electron chi connectivity index (χ3n) is 3.33. The number of pyridine rings is 1. The molecule has 0 unspecified atom stereocenters. The monoisotopic (exact) mass is 234 g/mol. The topological polar surface area (TPSA) is 48.1 Å². The Bertz CT molecular complexity index is 327. The van der Waals surface area contributed by atoms with E-state index in [4.69, 9.17) is 10.5 Å². The van der Waals surface area contributed by atoms with E-state index in [-0.39, 0.29) is 6.04 Å². The van der Waals surface area contributed by atoms with Gasteiger partial charge in [-0.05, 0) is 44.7 Å². The van der Waals surface area contributed by atoms with Crippen LogP contribution < -0.4 is 10.5 Å². The van der Waals surface area contributed by atoms with Crippen LogP contribution in [0.5, 0.6) is 5.75 Å². The molecule has 0 radical (unpaired) electrons. The first-order chi connectivity index (χ1) is 8.25. The first-order valence-corrected chi connectivity index (χ1v) is 6.64. The van der Waals surface area contributed by atoms with Gasteiger partial charge in [-0.25, -0.2) is 0 Å². The van der Waals surface area contributed by atoms with Gasteiger partial charge in [-0.15, -0.1) is 0 Å². The van der Waals surface area contributed by atoms with Crippen molar-refractivity contribution in [2.45, 2.75) is 57.6 Å². The fraction of sp³-hybridized carbons (Fsp3) is 0.643. The Morgan fingerprint density at radius 1 is 1.24 bits per heavy atom. The number of nitrogens with zero attached hydrogens (tertiary/aromatic N) is 1. The van der Waals surface area contributed by atoms with Gasteiger partial charge in [0.15, 0.2) is 0 Å². The van der Waals surface area contributed by atoms with Crippen LogP contribution in [0.2, 0.25) is 0 Å². The van der Waals surface area contributed by atoms with E-state index in [2.05, 4.69) is 4.98 Å². The van der Waals surface area contributed by atoms with Crippen LogP contribution in [-0.4, -0.2) is 11.1 Å². The van der Waals surface area contributed by atoms with Gasteiger partial charge in [0, 0.05) is 6.04 Å². The summed E-state index contributed by atoms with van der Waals surface area (Å²) in [6.07, 6.45) is 9.80. The van der Waals surface area contributed by atoms with E-state index >= 15 is 0 Å². The van der Waals surface area contributed by atoms with Crippen molar-refractivity contribution in [2.75, 3.05) is 0 Å². The maximum Gasteiger partial charge on any atom is 0.138 e. The van der Waals surface area contributed by atoms with Gasteiger partial charge in [-0.3, -0.25) is 4.98 Å². The maximum absolute atomic E-state index is 5.97. The third kappa shape index (κ3) is 3.70. The highest BCUT2D eigenvalue weighted by molar-refractivity contribution is 5.21. The van der Waals surface area contributed by atoms with E-state index in [0.717, 1.165) is 11.4 Å². The molecule has 0 aromatic carbocycles. The standard InChI is InChI=1S/C14H22N2O/c1-11(15)14-9-8-13(10-16-14)17-12-6-4-2-3-5-7-12/h8-12H,2-7,15H2,1H3/t11-/m1/s1. The Hall–Kier alpha value is -1.09. The predicted octanol–water partition coefficient (Wildman–Crippen LogP) is 3.20. The van der Waals surface area contributed by atoms with Gasteiger partial charge in [-0.1, -0.05) is 12.8 Å². The van der Waals surface area contributed by atoms with Crippen molar-refractivity contribution in [2.24, 2.45) is 5.73 Å². The highest BCUT2D eigenvalue weighted by Crippen LogP contribution is 2.22. The van der Waals surface area contributed by atoms with Crippen LogP contribution in [0.3, 0.4) is 0 Å². The molecule has 1 aromatic rings. The Morgan fingerprint density at radius 3 is 2.47 bits per heavy atom. The molecule has 1 fully saturated rings. The molecule has 1 heterocycles. The van der Waals surface area contributed by atoms with E-state index in [1.54, 1.807) is 6.20 Å². The summed E-state index contributed by atoms with van der Waals surface area (Å²) in [5.41, 5.74) is 6.68. The maximum atomic E-state index is 5.97. The molecule has 1 aromatic heterocycles. The third-order valence-corrected chi connectivity index (χ3v) is 3.33. The lowest BCUT2D eigenvalue weighted by molar-refractivity contribution is 0.183. The normalized spacial score (nSPS) is 19.6. The lowest BCUT2D eigenvalue weighted by atomic mass is 10.1. The average molecular weight is 234 g/mol. The van der Waals surface area contributed by atoms with Crippen molar-refractivity contribution in [1.82, 2.24) is 4.98 Å². The zero-order valence-electron chi connectivity index (χ0n) is 10.6. The van der Waals surface area contributed by atoms with Crippen LogP contribution in [0.4, 0.5) is 0 Å². The van der Waals surface area contributed by atoms with Crippen LogP contribution >= 0.6 is 0 Å². The molecular weight excluding hydrogens is 212 g/mol. The Morgan fingerprint density at radius 2 is 1.94 bits per heavy atom. The summed E-state index contributed by atoms with van der Waals surface area (Å²) in [4.78, 5) is 4.32. The minimum absolute atomic E-state index is 0.0121. The fourth-order valence-corrected chi connectivity index (χ4v) is 2.28. The van der Waals surface area contributed by atoms with Crippen molar-refractivity contribution in [3.63, 3.8) is 0 Å². The molecule has 0 aliphatic heterocycles. The molecule has 1 atom stereocenters. The number of ether oxygens (including phenoxy) is 1. The van der Waals surface area contributed by atoms with E-state index in [0.29, 0.717) is 6.10 Å². The van der Waals surface area contributed by atoms with Crippen LogP contribution in [0.15, 0.2) is 18.3 Å². The first-order valence-electron chi connectivity index (χ1n) is 6.64.